The molecule has 0 bridgehead atoms. The van der Waals surface area contributed by atoms with Crippen LogP contribution in [-0.2, 0) is 0 Å². The maximum atomic E-state index is 11.7. The highest BCUT2D eigenvalue weighted by molar-refractivity contribution is 5.94. The second-order valence-corrected chi connectivity index (χ2v) is 3.92. The first-order chi connectivity index (χ1) is 10.1. The molecule has 0 aliphatic carbocycles. The molecule has 0 aliphatic rings. The molecule has 0 spiro atoms. The SMILES string of the molecule is O=C(N/N=C\c1ccc([O-])c([N+](=O)[O-])c1)c1ccncc1. The van der Waals surface area contributed by atoms with Crippen LogP contribution in [0.2, 0.25) is 0 Å². The molecule has 2 aromatic rings. The fraction of sp³-hybridized carbons (Fsp3) is 0. The van der Waals surface area contributed by atoms with E-state index < -0.39 is 22.3 Å². The summed E-state index contributed by atoms with van der Waals surface area (Å²) in [5, 5.41) is 25.5. The third-order valence-corrected chi connectivity index (χ3v) is 2.50. The highest BCUT2D eigenvalue weighted by Gasteiger charge is 2.07. The van der Waals surface area contributed by atoms with E-state index in [1.807, 2.05) is 0 Å². The number of rotatable bonds is 4. The molecule has 0 saturated carbocycles. The summed E-state index contributed by atoms with van der Waals surface area (Å²) in [6.07, 6.45) is 4.15. The number of nitrogens with one attached hydrogen (secondary N) is 1. The Bertz CT molecular complexity index is 701. The number of carbonyl (C=O) groups is 1. The van der Waals surface area contributed by atoms with Crippen molar-refractivity contribution in [2.24, 2.45) is 5.10 Å². The van der Waals surface area contributed by atoms with Gasteiger partial charge in [-0.1, -0.05) is 12.1 Å². The predicted octanol–water partition coefficient (Wildman–Crippen LogP) is 0.827. The Morgan fingerprint density at radius 3 is 2.67 bits per heavy atom. The van der Waals surface area contributed by atoms with Crippen molar-refractivity contribution < 1.29 is 14.8 Å². The zero-order valence-electron chi connectivity index (χ0n) is 10.6. The minimum atomic E-state index is -0.769. The first-order valence-corrected chi connectivity index (χ1v) is 5.77. The summed E-state index contributed by atoms with van der Waals surface area (Å²) in [5.74, 6) is -1.12. The molecule has 8 heteroatoms. The van der Waals surface area contributed by atoms with Gasteiger partial charge >= 0.3 is 0 Å². The second-order valence-electron chi connectivity index (χ2n) is 3.92. The third kappa shape index (κ3) is 3.60. The highest BCUT2D eigenvalue weighted by atomic mass is 16.6. The van der Waals surface area contributed by atoms with E-state index in [4.69, 9.17) is 0 Å². The van der Waals surface area contributed by atoms with Crippen LogP contribution in [0.3, 0.4) is 0 Å². The van der Waals surface area contributed by atoms with E-state index in [9.17, 15) is 20.0 Å². The molecule has 0 saturated heterocycles. The number of amides is 1. The van der Waals surface area contributed by atoms with Gasteiger partial charge in [0.15, 0.2) is 0 Å². The molecule has 1 aromatic carbocycles. The van der Waals surface area contributed by atoms with Gasteiger partial charge in [-0.3, -0.25) is 19.9 Å². The maximum absolute atomic E-state index is 11.7. The Morgan fingerprint density at radius 2 is 2.00 bits per heavy atom. The Kier molecular flexibility index (Phi) is 4.20. The fourth-order valence-corrected chi connectivity index (χ4v) is 1.49. The van der Waals surface area contributed by atoms with Gasteiger partial charge in [0.25, 0.3) is 11.6 Å². The van der Waals surface area contributed by atoms with Crippen molar-refractivity contribution in [2.45, 2.75) is 0 Å². The van der Waals surface area contributed by atoms with E-state index in [1.54, 1.807) is 0 Å². The van der Waals surface area contributed by atoms with Gasteiger partial charge in [0.05, 0.1) is 11.1 Å². The first kappa shape index (κ1) is 14.1. The van der Waals surface area contributed by atoms with Crippen molar-refractivity contribution in [3.8, 4) is 5.75 Å². The standard InChI is InChI=1S/C13H10N4O4/c18-12-2-1-9(7-11(12)17(20)21)8-15-16-13(19)10-3-5-14-6-4-10/h1-8,18H,(H,16,19)/p-1/b15-8-. The third-order valence-electron chi connectivity index (χ3n) is 2.50. The quantitative estimate of drug-likeness (QED) is 0.506. The molecule has 106 valence electrons. The molecule has 0 fully saturated rings. The van der Waals surface area contributed by atoms with Crippen LogP contribution in [0.1, 0.15) is 15.9 Å². The molecule has 8 nitrogen and oxygen atoms in total. The molecule has 1 N–H and O–H groups in total. The predicted molar refractivity (Wildman–Crippen MR) is 71.8 cm³/mol. The average Bonchev–Trinajstić information content (AvgIpc) is 2.49. The summed E-state index contributed by atoms with van der Waals surface area (Å²) in [5.41, 5.74) is 2.43. The number of aromatic nitrogens is 1. The van der Waals surface area contributed by atoms with Crippen LogP contribution in [0.4, 0.5) is 5.69 Å². The van der Waals surface area contributed by atoms with Gasteiger partial charge in [-0.05, 0) is 17.9 Å². The lowest BCUT2D eigenvalue weighted by Crippen LogP contribution is -2.17. The number of pyridine rings is 1. The van der Waals surface area contributed by atoms with Crippen molar-refractivity contribution in [3.05, 3.63) is 64.0 Å². The van der Waals surface area contributed by atoms with Crippen molar-refractivity contribution in [1.29, 1.82) is 0 Å². The highest BCUT2D eigenvalue weighted by Crippen LogP contribution is 2.22. The van der Waals surface area contributed by atoms with Crippen LogP contribution < -0.4 is 10.5 Å². The van der Waals surface area contributed by atoms with Gasteiger partial charge in [-0.15, -0.1) is 0 Å². The topological polar surface area (TPSA) is 121 Å². The van der Waals surface area contributed by atoms with Gasteiger partial charge in [-0.2, -0.15) is 5.10 Å². The summed E-state index contributed by atoms with van der Waals surface area (Å²) in [7, 11) is 0. The van der Waals surface area contributed by atoms with Crippen LogP contribution in [0.5, 0.6) is 5.75 Å². The summed E-state index contributed by atoms with van der Waals surface area (Å²) in [6, 6.07) is 6.57. The van der Waals surface area contributed by atoms with E-state index in [1.165, 1.54) is 36.8 Å². The largest absolute Gasteiger partial charge is 0.868 e. The summed E-state index contributed by atoms with van der Waals surface area (Å²) in [4.78, 5) is 25.3. The van der Waals surface area contributed by atoms with E-state index in [0.717, 1.165) is 12.1 Å². The van der Waals surface area contributed by atoms with E-state index in [2.05, 4.69) is 15.5 Å². The summed E-state index contributed by atoms with van der Waals surface area (Å²) in [6.45, 7) is 0. The molecule has 0 aliphatic heterocycles. The normalized spacial score (nSPS) is 10.5. The first-order valence-electron chi connectivity index (χ1n) is 5.77. The van der Waals surface area contributed by atoms with Crippen molar-refractivity contribution in [2.75, 3.05) is 0 Å². The zero-order valence-corrected chi connectivity index (χ0v) is 10.6. The molecule has 0 atom stereocenters. The molecule has 1 heterocycles. The Morgan fingerprint density at radius 1 is 1.29 bits per heavy atom. The monoisotopic (exact) mass is 285 g/mol. The molecule has 1 amide bonds. The number of hydrogen-bond acceptors (Lipinski definition) is 6. The maximum Gasteiger partial charge on any atom is 0.271 e. The number of hydrogen-bond donors (Lipinski definition) is 1. The Labute approximate surface area is 118 Å². The lowest BCUT2D eigenvalue weighted by Gasteiger charge is -2.05. The van der Waals surface area contributed by atoms with Gasteiger partial charge < -0.3 is 5.11 Å². The lowest BCUT2D eigenvalue weighted by molar-refractivity contribution is -0.398. The molecule has 21 heavy (non-hydrogen) atoms. The number of nitro groups is 1. The number of nitro benzene ring substituents is 1. The molecular formula is C13H9N4O4-. The minimum Gasteiger partial charge on any atom is -0.868 e. The van der Waals surface area contributed by atoms with Gasteiger partial charge in [0.1, 0.15) is 0 Å². The molecule has 0 radical (unpaired) electrons. The van der Waals surface area contributed by atoms with Crippen molar-refractivity contribution in [1.82, 2.24) is 10.4 Å². The van der Waals surface area contributed by atoms with Crippen LogP contribution in [0, 0.1) is 10.1 Å². The summed E-state index contributed by atoms with van der Waals surface area (Å²) >= 11 is 0. The molecule has 1 aromatic heterocycles. The fourth-order valence-electron chi connectivity index (χ4n) is 1.49. The van der Waals surface area contributed by atoms with Crippen molar-refractivity contribution in [3.63, 3.8) is 0 Å². The van der Waals surface area contributed by atoms with E-state index in [0.29, 0.717) is 11.1 Å². The number of benzene rings is 1. The number of hydrazone groups is 1. The number of nitrogens with zero attached hydrogens (tertiary/aromatic N) is 3. The van der Waals surface area contributed by atoms with Crippen molar-refractivity contribution >= 4 is 17.8 Å². The molecule has 0 unspecified atom stereocenters. The van der Waals surface area contributed by atoms with Gasteiger partial charge in [0.2, 0.25) is 0 Å². The van der Waals surface area contributed by atoms with Crippen LogP contribution >= 0.6 is 0 Å². The Hall–Kier alpha value is -3.29. The summed E-state index contributed by atoms with van der Waals surface area (Å²) < 4.78 is 0. The minimum absolute atomic E-state index is 0.330. The van der Waals surface area contributed by atoms with Gasteiger partial charge in [0, 0.05) is 29.6 Å². The van der Waals surface area contributed by atoms with Gasteiger partial charge in [-0.25, -0.2) is 5.43 Å². The van der Waals surface area contributed by atoms with Crippen LogP contribution in [0.25, 0.3) is 0 Å². The Balaban J connectivity index is 2.07. The molecule has 2 rings (SSSR count). The second kappa shape index (κ2) is 6.24. The lowest BCUT2D eigenvalue weighted by atomic mass is 10.2. The zero-order chi connectivity index (χ0) is 15.2. The average molecular weight is 285 g/mol. The van der Waals surface area contributed by atoms with Crippen LogP contribution in [0.15, 0.2) is 47.8 Å². The van der Waals surface area contributed by atoms with E-state index >= 15 is 0 Å². The smallest absolute Gasteiger partial charge is 0.271 e. The number of carbonyl (C=O) groups excluding carboxylic acids is 1. The molecular weight excluding hydrogens is 276 g/mol. The van der Waals surface area contributed by atoms with E-state index in [-0.39, 0.29) is 0 Å². The van der Waals surface area contributed by atoms with Crippen LogP contribution in [-0.4, -0.2) is 22.0 Å².